The fourth-order valence-electron chi connectivity index (χ4n) is 1.92. The second-order valence-electron chi connectivity index (χ2n) is 5.03. The van der Waals surface area contributed by atoms with Crippen molar-refractivity contribution in [1.29, 1.82) is 0 Å². The minimum Gasteiger partial charge on any atom is -0.479 e. The van der Waals surface area contributed by atoms with E-state index in [1.807, 2.05) is 0 Å². The molecule has 1 N–H and O–H groups in total. The summed E-state index contributed by atoms with van der Waals surface area (Å²) < 4.78 is 5.18. The van der Waals surface area contributed by atoms with Crippen LogP contribution in [-0.4, -0.2) is 23.8 Å². The van der Waals surface area contributed by atoms with Gasteiger partial charge in [0.1, 0.15) is 0 Å². The molecule has 0 aromatic rings. The first-order chi connectivity index (χ1) is 8.68. The highest BCUT2D eigenvalue weighted by atomic mass is 16.5. The molecule has 1 atom stereocenters. The standard InChI is InChI=1S/C15H30O3/c1-3-4-5-6-7-8-9-10-11-12-13-18-14(2)15(16)17/h14H,3-13H2,1-2H3,(H,16,17)/t14-/m0/s1. The van der Waals surface area contributed by atoms with Crippen LogP contribution in [-0.2, 0) is 9.53 Å². The number of rotatable bonds is 13. The van der Waals surface area contributed by atoms with Crippen LogP contribution in [0.2, 0.25) is 0 Å². The van der Waals surface area contributed by atoms with Crippen LogP contribution >= 0.6 is 0 Å². The Hall–Kier alpha value is -0.570. The van der Waals surface area contributed by atoms with E-state index in [0.29, 0.717) is 6.61 Å². The van der Waals surface area contributed by atoms with Crippen molar-refractivity contribution in [2.75, 3.05) is 6.61 Å². The molecule has 0 saturated heterocycles. The Morgan fingerprint density at radius 3 is 1.83 bits per heavy atom. The van der Waals surface area contributed by atoms with E-state index in [9.17, 15) is 4.79 Å². The van der Waals surface area contributed by atoms with E-state index < -0.39 is 12.1 Å². The summed E-state index contributed by atoms with van der Waals surface area (Å²) in [5.41, 5.74) is 0. The molecule has 0 aliphatic carbocycles. The van der Waals surface area contributed by atoms with Gasteiger partial charge >= 0.3 is 5.97 Å². The monoisotopic (exact) mass is 258 g/mol. The average Bonchev–Trinajstić information content (AvgIpc) is 2.35. The van der Waals surface area contributed by atoms with Gasteiger partial charge in [-0.1, -0.05) is 64.7 Å². The fourth-order valence-corrected chi connectivity index (χ4v) is 1.92. The third kappa shape index (κ3) is 11.9. The van der Waals surface area contributed by atoms with Gasteiger partial charge in [-0.3, -0.25) is 0 Å². The molecule has 3 nitrogen and oxygen atoms in total. The van der Waals surface area contributed by atoms with Gasteiger partial charge in [0.25, 0.3) is 0 Å². The molecule has 108 valence electrons. The van der Waals surface area contributed by atoms with Crippen LogP contribution in [0.4, 0.5) is 0 Å². The van der Waals surface area contributed by atoms with E-state index in [0.717, 1.165) is 12.8 Å². The van der Waals surface area contributed by atoms with Gasteiger partial charge in [0, 0.05) is 6.61 Å². The normalized spacial score (nSPS) is 12.6. The number of unbranched alkanes of at least 4 members (excludes halogenated alkanes) is 9. The van der Waals surface area contributed by atoms with Gasteiger partial charge in [-0.25, -0.2) is 4.79 Å². The van der Waals surface area contributed by atoms with Crippen molar-refractivity contribution in [2.24, 2.45) is 0 Å². The molecule has 18 heavy (non-hydrogen) atoms. The van der Waals surface area contributed by atoms with Crippen molar-refractivity contribution in [2.45, 2.75) is 84.2 Å². The molecular formula is C15H30O3. The lowest BCUT2D eigenvalue weighted by molar-refractivity contribution is -0.149. The molecule has 0 heterocycles. The van der Waals surface area contributed by atoms with Gasteiger partial charge < -0.3 is 9.84 Å². The highest BCUT2D eigenvalue weighted by molar-refractivity contribution is 5.71. The Balaban J connectivity index is 3.05. The molecule has 0 aliphatic rings. The van der Waals surface area contributed by atoms with Crippen molar-refractivity contribution in [3.05, 3.63) is 0 Å². The Morgan fingerprint density at radius 1 is 0.944 bits per heavy atom. The Bertz CT molecular complexity index is 192. The van der Waals surface area contributed by atoms with Crippen LogP contribution < -0.4 is 0 Å². The maximum atomic E-state index is 10.5. The predicted octanol–water partition coefficient (Wildman–Crippen LogP) is 4.40. The summed E-state index contributed by atoms with van der Waals surface area (Å²) in [7, 11) is 0. The Morgan fingerprint density at radius 2 is 1.39 bits per heavy atom. The summed E-state index contributed by atoms with van der Waals surface area (Å²) in [5.74, 6) is -0.873. The van der Waals surface area contributed by atoms with Gasteiger partial charge in [-0.05, 0) is 13.3 Å². The minimum absolute atomic E-state index is 0.573. The second-order valence-corrected chi connectivity index (χ2v) is 5.03. The van der Waals surface area contributed by atoms with Crippen LogP contribution in [0.1, 0.15) is 78.1 Å². The zero-order chi connectivity index (χ0) is 13.6. The summed E-state index contributed by atoms with van der Waals surface area (Å²) in [6.45, 7) is 4.40. The third-order valence-corrected chi connectivity index (χ3v) is 3.21. The van der Waals surface area contributed by atoms with Crippen molar-refractivity contribution < 1.29 is 14.6 Å². The summed E-state index contributed by atoms with van der Waals surface area (Å²) >= 11 is 0. The highest BCUT2D eigenvalue weighted by Crippen LogP contribution is 2.10. The molecule has 0 radical (unpaired) electrons. The van der Waals surface area contributed by atoms with Gasteiger partial charge in [0.2, 0.25) is 0 Å². The molecule has 0 rings (SSSR count). The van der Waals surface area contributed by atoms with E-state index in [4.69, 9.17) is 9.84 Å². The largest absolute Gasteiger partial charge is 0.479 e. The van der Waals surface area contributed by atoms with Crippen molar-refractivity contribution in [3.8, 4) is 0 Å². The molecule has 0 bridgehead atoms. The summed E-state index contributed by atoms with van der Waals surface area (Å²) in [4.78, 5) is 10.5. The van der Waals surface area contributed by atoms with Gasteiger partial charge in [-0.2, -0.15) is 0 Å². The highest BCUT2D eigenvalue weighted by Gasteiger charge is 2.09. The number of carbonyl (C=O) groups is 1. The lowest BCUT2D eigenvalue weighted by Crippen LogP contribution is -2.20. The third-order valence-electron chi connectivity index (χ3n) is 3.21. The van der Waals surface area contributed by atoms with E-state index in [1.165, 1.54) is 51.4 Å². The molecule has 0 saturated carbocycles. The second kappa shape index (κ2) is 12.9. The first kappa shape index (κ1) is 17.4. The molecule has 0 aromatic carbocycles. The van der Waals surface area contributed by atoms with E-state index in [1.54, 1.807) is 6.92 Å². The molecule has 0 fully saturated rings. The van der Waals surface area contributed by atoms with Crippen molar-refractivity contribution in [3.63, 3.8) is 0 Å². The van der Waals surface area contributed by atoms with Crippen LogP contribution in [0.5, 0.6) is 0 Å². The molecule has 0 aromatic heterocycles. The Labute approximate surface area is 112 Å². The first-order valence-electron chi connectivity index (χ1n) is 7.53. The van der Waals surface area contributed by atoms with Crippen molar-refractivity contribution >= 4 is 5.97 Å². The molecule has 3 heteroatoms. The quantitative estimate of drug-likeness (QED) is 0.498. The van der Waals surface area contributed by atoms with Crippen LogP contribution in [0, 0.1) is 0 Å². The zero-order valence-electron chi connectivity index (χ0n) is 12.1. The first-order valence-corrected chi connectivity index (χ1v) is 7.53. The summed E-state index contributed by atoms with van der Waals surface area (Å²) in [6, 6.07) is 0. The lowest BCUT2D eigenvalue weighted by atomic mass is 10.1. The predicted molar refractivity (Wildman–Crippen MR) is 74.9 cm³/mol. The Kier molecular flexibility index (Phi) is 12.5. The van der Waals surface area contributed by atoms with Crippen LogP contribution in [0.3, 0.4) is 0 Å². The van der Waals surface area contributed by atoms with E-state index in [2.05, 4.69) is 6.92 Å². The molecule has 0 aliphatic heterocycles. The summed E-state index contributed by atoms with van der Waals surface area (Å²) in [6.07, 6.45) is 12.2. The SMILES string of the molecule is CCCCCCCCCCCCO[C@@H](C)C(=O)O. The van der Waals surface area contributed by atoms with Gasteiger partial charge in [-0.15, -0.1) is 0 Å². The maximum absolute atomic E-state index is 10.5. The van der Waals surface area contributed by atoms with Gasteiger partial charge in [0.15, 0.2) is 6.10 Å². The number of carboxylic acids is 1. The van der Waals surface area contributed by atoms with E-state index >= 15 is 0 Å². The molecule has 0 spiro atoms. The van der Waals surface area contributed by atoms with Crippen molar-refractivity contribution in [1.82, 2.24) is 0 Å². The molecule has 0 amide bonds. The number of aliphatic carboxylic acids is 1. The number of ether oxygens (including phenoxy) is 1. The minimum atomic E-state index is -0.873. The molecular weight excluding hydrogens is 228 g/mol. The maximum Gasteiger partial charge on any atom is 0.332 e. The number of hydrogen-bond acceptors (Lipinski definition) is 2. The zero-order valence-corrected chi connectivity index (χ0v) is 12.1. The topological polar surface area (TPSA) is 46.5 Å². The van der Waals surface area contributed by atoms with E-state index in [-0.39, 0.29) is 0 Å². The number of carboxylic acid groups (broad SMARTS) is 1. The fraction of sp³-hybridized carbons (Fsp3) is 0.933. The smallest absolute Gasteiger partial charge is 0.332 e. The van der Waals surface area contributed by atoms with Crippen LogP contribution in [0.25, 0.3) is 0 Å². The summed E-state index contributed by atoms with van der Waals surface area (Å²) in [5, 5.41) is 8.62. The average molecular weight is 258 g/mol. The van der Waals surface area contributed by atoms with Crippen LogP contribution in [0.15, 0.2) is 0 Å². The lowest BCUT2D eigenvalue weighted by Gasteiger charge is -2.07. The molecule has 0 unspecified atom stereocenters. The van der Waals surface area contributed by atoms with Gasteiger partial charge in [0.05, 0.1) is 0 Å². The number of hydrogen-bond donors (Lipinski definition) is 1.